The molecule has 0 aliphatic carbocycles. The van der Waals surface area contributed by atoms with E-state index in [1.54, 1.807) is 4.90 Å². The van der Waals surface area contributed by atoms with E-state index in [4.69, 9.17) is 4.74 Å². The van der Waals surface area contributed by atoms with E-state index in [2.05, 4.69) is 36.1 Å². The second-order valence-electron chi connectivity index (χ2n) is 8.84. The molecule has 30 heavy (non-hydrogen) atoms. The van der Waals surface area contributed by atoms with Gasteiger partial charge in [0.25, 0.3) is 5.91 Å². The molecule has 3 aliphatic rings. The van der Waals surface area contributed by atoms with E-state index in [0.717, 1.165) is 25.7 Å². The Labute approximate surface area is 175 Å². The second-order valence-corrected chi connectivity index (χ2v) is 8.84. The Hall–Kier alpha value is -2.31. The van der Waals surface area contributed by atoms with E-state index >= 15 is 0 Å². The first-order chi connectivity index (χ1) is 14.4. The molecule has 0 aromatic heterocycles. The number of likely N-dealkylation sites (tertiary alicyclic amines) is 1. The van der Waals surface area contributed by atoms with Gasteiger partial charge in [-0.05, 0) is 55.9 Å². The van der Waals surface area contributed by atoms with Crippen LogP contribution >= 0.6 is 0 Å². The highest BCUT2D eigenvalue weighted by Gasteiger charge is 2.57. The SMILES string of the molecule is Cc1cccc(CN2CCC3(CC2)O[C@@H]2CC[C@@H](c4cc(F)cc(F)c4)N2C3=O)c1. The minimum atomic E-state index is -0.793. The third kappa shape index (κ3) is 3.42. The summed E-state index contributed by atoms with van der Waals surface area (Å²) in [7, 11) is 0. The average Bonchev–Trinajstić information content (AvgIpc) is 3.22. The summed E-state index contributed by atoms with van der Waals surface area (Å²) in [6, 6.07) is 11.7. The smallest absolute Gasteiger partial charge is 0.257 e. The average molecular weight is 412 g/mol. The van der Waals surface area contributed by atoms with Crippen LogP contribution in [0.1, 0.15) is 48.4 Å². The molecule has 2 aromatic carbocycles. The summed E-state index contributed by atoms with van der Waals surface area (Å²) in [6.45, 7) is 4.54. The fraction of sp³-hybridized carbons (Fsp3) is 0.458. The topological polar surface area (TPSA) is 32.8 Å². The molecular formula is C24H26F2N2O2. The summed E-state index contributed by atoms with van der Waals surface area (Å²) >= 11 is 0. The molecule has 5 rings (SSSR count). The molecule has 4 nitrogen and oxygen atoms in total. The first kappa shape index (κ1) is 19.6. The highest BCUT2D eigenvalue weighted by Crippen LogP contribution is 2.47. The zero-order chi connectivity index (χ0) is 20.9. The Kier molecular flexibility index (Phi) is 4.86. The molecule has 158 valence electrons. The third-order valence-corrected chi connectivity index (χ3v) is 6.74. The number of carbonyl (C=O) groups is 1. The van der Waals surface area contributed by atoms with Crippen LogP contribution in [0, 0.1) is 18.6 Å². The molecule has 0 bridgehead atoms. The number of hydrogen-bond acceptors (Lipinski definition) is 3. The fourth-order valence-electron chi connectivity index (χ4n) is 5.28. The van der Waals surface area contributed by atoms with Crippen LogP contribution in [0.4, 0.5) is 8.78 Å². The van der Waals surface area contributed by atoms with E-state index in [9.17, 15) is 13.6 Å². The molecule has 2 atom stereocenters. The maximum Gasteiger partial charge on any atom is 0.257 e. The van der Waals surface area contributed by atoms with Gasteiger partial charge in [0.05, 0.1) is 6.04 Å². The van der Waals surface area contributed by atoms with Crippen LogP contribution in [-0.2, 0) is 16.1 Å². The van der Waals surface area contributed by atoms with Gasteiger partial charge < -0.3 is 9.64 Å². The number of carbonyl (C=O) groups excluding carboxylic acids is 1. The van der Waals surface area contributed by atoms with Crippen molar-refractivity contribution in [2.45, 2.75) is 57.0 Å². The summed E-state index contributed by atoms with van der Waals surface area (Å²) in [6.07, 6.45) is 2.36. The van der Waals surface area contributed by atoms with E-state index in [-0.39, 0.29) is 18.2 Å². The van der Waals surface area contributed by atoms with Crippen LogP contribution in [0.2, 0.25) is 0 Å². The number of ether oxygens (including phenoxy) is 1. The largest absolute Gasteiger partial charge is 0.342 e. The highest BCUT2D eigenvalue weighted by molar-refractivity contribution is 5.88. The van der Waals surface area contributed by atoms with Gasteiger partial charge in [0, 0.05) is 25.7 Å². The zero-order valence-electron chi connectivity index (χ0n) is 17.1. The number of fused-ring (bicyclic) bond motifs is 1. The molecule has 1 spiro atoms. The molecule has 0 radical (unpaired) electrons. The standard InChI is InChI=1S/C24H26F2N2O2/c1-16-3-2-4-17(11-16)15-27-9-7-24(8-10-27)23(29)28-21(5-6-22(28)30-24)18-12-19(25)14-20(26)13-18/h2-4,11-14,21-22H,5-10,15H2,1H3/t21-,22+/m0/s1. The van der Waals surface area contributed by atoms with Gasteiger partial charge in [-0.25, -0.2) is 8.78 Å². The summed E-state index contributed by atoms with van der Waals surface area (Å²) < 4.78 is 33.8. The van der Waals surface area contributed by atoms with Crippen LogP contribution < -0.4 is 0 Å². The molecule has 1 amide bonds. The molecule has 3 saturated heterocycles. The number of amides is 1. The maximum absolute atomic E-state index is 13.7. The normalized spacial score (nSPS) is 25.8. The van der Waals surface area contributed by atoms with Crippen LogP contribution in [0.15, 0.2) is 42.5 Å². The van der Waals surface area contributed by atoms with Gasteiger partial charge in [0.15, 0.2) is 5.60 Å². The van der Waals surface area contributed by atoms with Gasteiger partial charge in [-0.3, -0.25) is 9.69 Å². The minimum Gasteiger partial charge on any atom is -0.342 e. The predicted octanol–water partition coefficient (Wildman–Crippen LogP) is 4.33. The van der Waals surface area contributed by atoms with Crippen molar-refractivity contribution in [2.75, 3.05) is 13.1 Å². The maximum atomic E-state index is 13.7. The predicted molar refractivity (Wildman–Crippen MR) is 108 cm³/mol. The number of benzene rings is 2. The molecule has 0 N–H and O–H groups in total. The molecule has 0 saturated carbocycles. The molecule has 3 fully saturated rings. The van der Waals surface area contributed by atoms with Gasteiger partial charge in [-0.15, -0.1) is 0 Å². The van der Waals surface area contributed by atoms with Crippen LogP contribution in [-0.4, -0.2) is 40.6 Å². The lowest BCUT2D eigenvalue weighted by Gasteiger charge is -2.37. The Morgan fingerprint density at radius 1 is 1.07 bits per heavy atom. The molecule has 3 aliphatic heterocycles. The monoisotopic (exact) mass is 412 g/mol. The third-order valence-electron chi connectivity index (χ3n) is 6.74. The van der Waals surface area contributed by atoms with Crippen molar-refractivity contribution in [2.24, 2.45) is 0 Å². The Bertz CT molecular complexity index is 951. The van der Waals surface area contributed by atoms with E-state index in [1.165, 1.54) is 23.3 Å². The second kappa shape index (κ2) is 7.43. The van der Waals surface area contributed by atoms with Gasteiger partial charge in [0.1, 0.15) is 17.9 Å². The summed E-state index contributed by atoms with van der Waals surface area (Å²) in [5, 5.41) is 0. The summed E-state index contributed by atoms with van der Waals surface area (Å²) in [5.41, 5.74) is 2.24. The quantitative estimate of drug-likeness (QED) is 0.752. The Morgan fingerprint density at radius 2 is 1.80 bits per heavy atom. The lowest BCUT2D eigenvalue weighted by Crippen LogP contribution is -2.50. The number of aryl methyl sites for hydroxylation is 1. The van der Waals surface area contributed by atoms with E-state index in [0.29, 0.717) is 31.2 Å². The number of piperidine rings is 1. The summed E-state index contributed by atoms with van der Waals surface area (Å²) in [5.74, 6) is -1.24. The van der Waals surface area contributed by atoms with Crippen molar-refractivity contribution in [3.05, 3.63) is 70.8 Å². The van der Waals surface area contributed by atoms with Crippen molar-refractivity contribution in [1.29, 1.82) is 0 Å². The van der Waals surface area contributed by atoms with E-state index < -0.39 is 17.2 Å². The minimum absolute atomic E-state index is 0.0186. The first-order valence-electron chi connectivity index (χ1n) is 10.7. The van der Waals surface area contributed by atoms with Crippen molar-refractivity contribution >= 4 is 5.91 Å². The lowest BCUT2D eigenvalue weighted by atomic mass is 9.89. The van der Waals surface area contributed by atoms with Gasteiger partial charge in [0.2, 0.25) is 0 Å². The number of rotatable bonds is 3. The Balaban J connectivity index is 1.29. The Morgan fingerprint density at radius 3 is 2.50 bits per heavy atom. The molecule has 0 unspecified atom stereocenters. The van der Waals surface area contributed by atoms with Gasteiger partial charge >= 0.3 is 0 Å². The summed E-state index contributed by atoms with van der Waals surface area (Å²) in [4.78, 5) is 17.5. The molecular weight excluding hydrogens is 386 g/mol. The van der Waals surface area contributed by atoms with Crippen molar-refractivity contribution in [3.63, 3.8) is 0 Å². The van der Waals surface area contributed by atoms with E-state index in [1.807, 2.05) is 0 Å². The number of halogens is 2. The van der Waals surface area contributed by atoms with Crippen molar-refractivity contribution < 1.29 is 18.3 Å². The molecule has 6 heteroatoms. The van der Waals surface area contributed by atoms with Crippen LogP contribution in [0.3, 0.4) is 0 Å². The molecule has 3 heterocycles. The number of nitrogens with zero attached hydrogens (tertiary/aromatic N) is 2. The first-order valence-corrected chi connectivity index (χ1v) is 10.7. The van der Waals surface area contributed by atoms with Crippen molar-refractivity contribution in [3.8, 4) is 0 Å². The highest BCUT2D eigenvalue weighted by atomic mass is 19.1. The van der Waals surface area contributed by atoms with Crippen LogP contribution in [0.5, 0.6) is 0 Å². The fourth-order valence-corrected chi connectivity index (χ4v) is 5.28. The van der Waals surface area contributed by atoms with Crippen molar-refractivity contribution in [1.82, 2.24) is 9.80 Å². The molecule has 2 aromatic rings. The zero-order valence-corrected chi connectivity index (χ0v) is 17.1. The lowest BCUT2D eigenvalue weighted by molar-refractivity contribution is -0.143. The van der Waals surface area contributed by atoms with Gasteiger partial charge in [-0.2, -0.15) is 0 Å². The van der Waals surface area contributed by atoms with Crippen LogP contribution in [0.25, 0.3) is 0 Å². The number of hydrogen-bond donors (Lipinski definition) is 0. The van der Waals surface area contributed by atoms with Gasteiger partial charge in [-0.1, -0.05) is 29.8 Å².